The second-order valence-electron chi connectivity index (χ2n) is 4.08. The molecule has 0 bridgehead atoms. The molecule has 0 saturated heterocycles. The highest BCUT2D eigenvalue weighted by molar-refractivity contribution is 7.99. The summed E-state index contributed by atoms with van der Waals surface area (Å²) in [5.41, 5.74) is 2.05. The standard InChI is InChI=1S/C14H24N2OS/c1-4-15-11-13-14(8-7-12(3)16-13)17-9-6-10-18-5-2/h7-8,15H,4-6,9-11H2,1-3H3. The molecule has 1 aromatic rings. The molecular weight excluding hydrogens is 244 g/mol. The number of nitrogens with one attached hydrogen (secondary N) is 1. The lowest BCUT2D eigenvalue weighted by atomic mass is 10.3. The molecule has 0 atom stereocenters. The lowest BCUT2D eigenvalue weighted by Crippen LogP contribution is -2.15. The third-order valence-corrected chi connectivity index (χ3v) is 3.49. The number of ether oxygens (including phenoxy) is 1. The van der Waals surface area contributed by atoms with E-state index in [2.05, 4.69) is 24.1 Å². The molecule has 1 N–H and O–H groups in total. The SMILES string of the molecule is CCNCc1nc(C)ccc1OCCCSCC. The van der Waals surface area contributed by atoms with Gasteiger partial charge in [0.15, 0.2) is 0 Å². The fourth-order valence-electron chi connectivity index (χ4n) is 1.59. The van der Waals surface area contributed by atoms with Gasteiger partial charge in [-0.2, -0.15) is 11.8 Å². The van der Waals surface area contributed by atoms with Crippen LogP contribution in [0.25, 0.3) is 0 Å². The Morgan fingerprint density at radius 1 is 1.33 bits per heavy atom. The van der Waals surface area contributed by atoms with Crippen molar-refractivity contribution in [1.82, 2.24) is 10.3 Å². The molecule has 0 radical (unpaired) electrons. The molecular formula is C14H24N2OS. The first-order chi connectivity index (χ1) is 8.77. The van der Waals surface area contributed by atoms with Crippen LogP contribution in [0.3, 0.4) is 0 Å². The van der Waals surface area contributed by atoms with Crippen LogP contribution in [0, 0.1) is 6.92 Å². The van der Waals surface area contributed by atoms with Crippen LogP contribution in [0.15, 0.2) is 12.1 Å². The molecule has 4 heteroatoms. The van der Waals surface area contributed by atoms with E-state index in [1.807, 2.05) is 30.8 Å². The highest BCUT2D eigenvalue weighted by atomic mass is 32.2. The van der Waals surface area contributed by atoms with E-state index < -0.39 is 0 Å². The summed E-state index contributed by atoms with van der Waals surface area (Å²) in [4.78, 5) is 4.53. The predicted molar refractivity (Wildman–Crippen MR) is 79.5 cm³/mol. The number of hydrogen-bond donors (Lipinski definition) is 1. The van der Waals surface area contributed by atoms with Gasteiger partial charge in [0.05, 0.1) is 12.3 Å². The van der Waals surface area contributed by atoms with Crippen LogP contribution >= 0.6 is 11.8 Å². The van der Waals surface area contributed by atoms with Crippen molar-refractivity contribution in [2.45, 2.75) is 33.7 Å². The minimum atomic E-state index is 0.775. The topological polar surface area (TPSA) is 34.2 Å². The average molecular weight is 268 g/mol. The van der Waals surface area contributed by atoms with Crippen molar-refractivity contribution in [3.8, 4) is 5.75 Å². The van der Waals surface area contributed by atoms with Gasteiger partial charge in [-0.1, -0.05) is 13.8 Å². The molecule has 0 aliphatic heterocycles. The van der Waals surface area contributed by atoms with Crippen LogP contribution < -0.4 is 10.1 Å². The maximum Gasteiger partial charge on any atom is 0.142 e. The quantitative estimate of drug-likeness (QED) is 0.698. The first-order valence-electron chi connectivity index (χ1n) is 6.65. The zero-order valence-corrected chi connectivity index (χ0v) is 12.5. The second kappa shape index (κ2) is 9.22. The molecule has 1 heterocycles. The van der Waals surface area contributed by atoms with Gasteiger partial charge in [0.25, 0.3) is 0 Å². The van der Waals surface area contributed by atoms with E-state index in [4.69, 9.17) is 4.74 Å². The van der Waals surface area contributed by atoms with Gasteiger partial charge in [-0.15, -0.1) is 0 Å². The fraction of sp³-hybridized carbons (Fsp3) is 0.643. The van der Waals surface area contributed by atoms with E-state index in [1.165, 1.54) is 11.5 Å². The Morgan fingerprint density at radius 2 is 2.17 bits per heavy atom. The Kier molecular flexibility index (Phi) is 7.85. The van der Waals surface area contributed by atoms with Crippen LogP contribution in [0.2, 0.25) is 0 Å². The van der Waals surface area contributed by atoms with Gasteiger partial charge in [0.1, 0.15) is 5.75 Å². The highest BCUT2D eigenvalue weighted by Gasteiger charge is 2.05. The Labute approximate surface area is 115 Å². The van der Waals surface area contributed by atoms with Crippen molar-refractivity contribution in [3.05, 3.63) is 23.5 Å². The molecule has 0 unspecified atom stereocenters. The first-order valence-corrected chi connectivity index (χ1v) is 7.81. The molecule has 0 fully saturated rings. The van der Waals surface area contributed by atoms with Gasteiger partial charge in [-0.3, -0.25) is 4.98 Å². The minimum Gasteiger partial charge on any atom is -0.492 e. The third-order valence-electron chi connectivity index (χ3n) is 2.51. The summed E-state index contributed by atoms with van der Waals surface area (Å²) < 4.78 is 5.82. The number of hydrogen-bond acceptors (Lipinski definition) is 4. The summed E-state index contributed by atoms with van der Waals surface area (Å²) in [6, 6.07) is 4.04. The van der Waals surface area contributed by atoms with Gasteiger partial charge in [-0.25, -0.2) is 0 Å². The van der Waals surface area contributed by atoms with Gasteiger partial charge >= 0.3 is 0 Å². The highest BCUT2D eigenvalue weighted by Crippen LogP contribution is 2.17. The molecule has 0 aliphatic carbocycles. The molecule has 0 aliphatic rings. The van der Waals surface area contributed by atoms with Crippen LogP contribution in [-0.2, 0) is 6.54 Å². The summed E-state index contributed by atoms with van der Waals surface area (Å²) in [6.45, 7) is 8.79. The largest absolute Gasteiger partial charge is 0.492 e. The monoisotopic (exact) mass is 268 g/mol. The Bertz CT molecular complexity index is 345. The van der Waals surface area contributed by atoms with E-state index in [-0.39, 0.29) is 0 Å². The molecule has 0 aromatic carbocycles. The second-order valence-corrected chi connectivity index (χ2v) is 5.47. The number of thioether (sulfide) groups is 1. The molecule has 3 nitrogen and oxygen atoms in total. The van der Waals surface area contributed by atoms with Crippen molar-refractivity contribution < 1.29 is 4.74 Å². The van der Waals surface area contributed by atoms with Crippen LogP contribution in [0.1, 0.15) is 31.7 Å². The number of aromatic nitrogens is 1. The lowest BCUT2D eigenvalue weighted by molar-refractivity contribution is 0.312. The first kappa shape index (κ1) is 15.3. The minimum absolute atomic E-state index is 0.775. The van der Waals surface area contributed by atoms with E-state index in [0.29, 0.717) is 0 Å². The van der Waals surface area contributed by atoms with Crippen LogP contribution in [0.5, 0.6) is 5.75 Å². The molecule has 18 heavy (non-hydrogen) atoms. The maximum atomic E-state index is 5.82. The van der Waals surface area contributed by atoms with E-state index >= 15 is 0 Å². The van der Waals surface area contributed by atoms with Crippen molar-refractivity contribution in [1.29, 1.82) is 0 Å². The predicted octanol–water partition coefficient (Wildman–Crippen LogP) is 3.02. The number of aryl methyl sites for hydroxylation is 1. The molecule has 0 saturated carbocycles. The zero-order chi connectivity index (χ0) is 13.2. The Morgan fingerprint density at radius 3 is 2.89 bits per heavy atom. The molecule has 1 aromatic heterocycles. The summed E-state index contributed by atoms with van der Waals surface area (Å²) in [5.74, 6) is 3.26. The van der Waals surface area contributed by atoms with Crippen molar-refractivity contribution in [3.63, 3.8) is 0 Å². The Hall–Kier alpha value is -0.740. The average Bonchev–Trinajstić information content (AvgIpc) is 2.38. The van der Waals surface area contributed by atoms with Gasteiger partial charge in [-0.05, 0) is 43.5 Å². The number of pyridine rings is 1. The van der Waals surface area contributed by atoms with E-state index in [0.717, 1.165) is 43.3 Å². The summed E-state index contributed by atoms with van der Waals surface area (Å²) in [6.07, 6.45) is 1.09. The molecule has 0 spiro atoms. The summed E-state index contributed by atoms with van der Waals surface area (Å²) >= 11 is 1.96. The number of nitrogens with zero attached hydrogens (tertiary/aromatic N) is 1. The smallest absolute Gasteiger partial charge is 0.142 e. The van der Waals surface area contributed by atoms with Crippen LogP contribution in [0.4, 0.5) is 0 Å². The van der Waals surface area contributed by atoms with Crippen molar-refractivity contribution >= 4 is 11.8 Å². The fourth-order valence-corrected chi connectivity index (χ4v) is 2.20. The lowest BCUT2D eigenvalue weighted by Gasteiger charge is -2.11. The van der Waals surface area contributed by atoms with Crippen molar-refractivity contribution in [2.75, 3.05) is 24.7 Å². The van der Waals surface area contributed by atoms with Crippen LogP contribution in [-0.4, -0.2) is 29.6 Å². The summed E-state index contributed by atoms with van der Waals surface area (Å²) in [7, 11) is 0. The maximum absolute atomic E-state index is 5.82. The molecule has 1 rings (SSSR count). The molecule has 0 amide bonds. The zero-order valence-electron chi connectivity index (χ0n) is 11.7. The third kappa shape index (κ3) is 5.74. The van der Waals surface area contributed by atoms with Gasteiger partial charge in [0.2, 0.25) is 0 Å². The van der Waals surface area contributed by atoms with E-state index in [9.17, 15) is 0 Å². The van der Waals surface area contributed by atoms with E-state index in [1.54, 1.807) is 0 Å². The number of rotatable bonds is 9. The molecule has 102 valence electrons. The Balaban J connectivity index is 2.47. The summed E-state index contributed by atoms with van der Waals surface area (Å²) in [5, 5.41) is 3.30. The van der Waals surface area contributed by atoms with Gasteiger partial charge < -0.3 is 10.1 Å². The normalized spacial score (nSPS) is 10.6. The van der Waals surface area contributed by atoms with Crippen molar-refractivity contribution in [2.24, 2.45) is 0 Å². The van der Waals surface area contributed by atoms with Gasteiger partial charge in [0, 0.05) is 12.2 Å².